The van der Waals surface area contributed by atoms with E-state index in [1.165, 1.54) is 17.0 Å². The average Bonchev–Trinajstić information content (AvgIpc) is 3.11. The molecule has 4 aromatic rings. The Morgan fingerprint density at radius 3 is 2.23 bits per heavy atom. The van der Waals surface area contributed by atoms with E-state index in [9.17, 15) is 27.6 Å². The quantitative estimate of drug-likeness (QED) is 0.318. The van der Waals surface area contributed by atoms with Crippen molar-refractivity contribution in [1.82, 2.24) is 10.6 Å². The van der Waals surface area contributed by atoms with E-state index >= 15 is 0 Å². The Hall–Kier alpha value is -5.25. The summed E-state index contributed by atoms with van der Waals surface area (Å²) in [6.07, 6.45) is -6.28. The number of hydrogen-bond donors (Lipinski definition) is 2. The third kappa shape index (κ3) is 6.64. The van der Waals surface area contributed by atoms with Crippen molar-refractivity contribution in [2.75, 3.05) is 11.9 Å². The zero-order chi connectivity index (χ0) is 30.6. The number of rotatable bonds is 7. The number of carbonyl (C=O) groups excluding carboxylic acids is 3. The van der Waals surface area contributed by atoms with Crippen LogP contribution in [0.3, 0.4) is 0 Å². The van der Waals surface area contributed by atoms with E-state index in [-0.39, 0.29) is 5.56 Å². The Balaban J connectivity index is 1.44. The minimum absolute atomic E-state index is 0.134. The van der Waals surface area contributed by atoms with Gasteiger partial charge in [-0.25, -0.2) is 4.99 Å². The Morgan fingerprint density at radius 2 is 1.53 bits per heavy atom. The minimum Gasteiger partial charge on any atom is -0.340 e. The zero-order valence-corrected chi connectivity index (χ0v) is 23.0. The molecule has 0 unspecified atom stereocenters. The fourth-order valence-electron chi connectivity index (χ4n) is 4.86. The van der Waals surface area contributed by atoms with E-state index in [4.69, 9.17) is 0 Å². The molecule has 1 aliphatic rings. The maximum Gasteiger partial charge on any atom is 0.416 e. The first-order valence-corrected chi connectivity index (χ1v) is 13.4. The monoisotopic (exact) mass is 584 g/mol. The summed E-state index contributed by atoms with van der Waals surface area (Å²) in [5.41, 5.74) is 2.24. The number of nitrogens with one attached hydrogen (secondary N) is 2. The molecule has 3 amide bonds. The molecule has 0 aliphatic carbocycles. The molecule has 0 bridgehead atoms. The van der Waals surface area contributed by atoms with E-state index in [1.807, 2.05) is 42.5 Å². The van der Waals surface area contributed by atoms with Crippen LogP contribution in [0.4, 0.5) is 18.9 Å². The largest absolute Gasteiger partial charge is 0.416 e. The molecular formula is C33H27F3N4O3. The fourth-order valence-corrected chi connectivity index (χ4v) is 4.86. The summed E-state index contributed by atoms with van der Waals surface area (Å²) in [4.78, 5) is 46.5. The third-order valence-electron chi connectivity index (χ3n) is 6.99. The van der Waals surface area contributed by atoms with Gasteiger partial charge in [0.15, 0.2) is 0 Å². The van der Waals surface area contributed by atoms with Gasteiger partial charge in [-0.2, -0.15) is 13.2 Å². The molecule has 218 valence electrons. The summed E-state index contributed by atoms with van der Waals surface area (Å²) in [6.45, 7) is 0. The summed E-state index contributed by atoms with van der Waals surface area (Å²) in [6, 6.07) is 28.1. The van der Waals surface area contributed by atoms with E-state index in [1.54, 1.807) is 49.5 Å². The lowest BCUT2D eigenvalue weighted by molar-refractivity contribution is -0.137. The van der Waals surface area contributed by atoms with Gasteiger partial charge in [-0.05, 0) is 23.3 Å². The molecular weight excluding hydrogens is 557 g/mol. The second kappa shape index (κ2) is 12.3. The van der Waals surface area contributed by atoms with E-state index in [2.05, 4.69) is 15.6 Å². The number of alkyl halides is 3. The number of fused-ring (bicyclic) bond motifs is 1. The second-order valence-electron chi connectivity index (χ2n) is 9.96. The molecule has 2 atom stereocenters. The number of halogens is 3. The summed E-state index contributed by atoms with van der Waals surface area (Å²) in [7, 11) is 1.59. The molecule has 0 fully saturated rings. The molecule has 0 saturated carbocycles. The molecule has 1 aliphatic heterocycles. The SMILES string of the molecule is CN1C(=O)[C@@H](NC(=O)[C@@H](NC(=O)Cc2cccc(C(F)(F)F)c2)c2ccccc2)N=C(c2ccccc2)c2ccccc21. The number of hydrogen-bond acceptors (Lipinski definition) is 4. The van der Waals surface area contributed by atoms with Crippen molar-refractivity contribution in [2.24, 2.45) is 4.99 Å². The molecule has 5 rings (SSSR count). The summed E-state index contributed by atoms with van der Waals surface area (Å²) in [5, 5.41) is 5.31. The fraction of sp³-hybridized carbons (Fsp3) is 0.152. The lowest BCUT2D eigenvalue weighted by atomic mass is 10.0. The highest BCUT2D eigenvalue weighted by atomic mass is 19.4. The molecule has 10 heteroatoms. The average molecular weight is 585 g/mol. The van der Waals surface area contributed by atoms with Gasteiger partial charge in [-0.15, -0.1) is 0 Å². The molecule has 0 saturated heterocycles. The lowest BCUT2D eigenvalue weighted by Crippen LogP contribution is -2.50. The molecule has 0 aromatic heterocycles. The van der Waals surface area contributed by atoms with Crippen molar-refractivity contribution < 1.29 is 27.6 Å². The lowest BCUT2D eigenvalue weighted by Gasteiger charge is -2.24. The van der Waals surface area contributed by atoms with Gasteiger partial charge in [-0.3, -0.25) is 14.4 Å². The second-order valence-corrected chi connectivity index (χ2v) is 9.96. The number of anilines is 1. The summed E-state index contributed by atoms with van der Waals surface area (Å²) in [5.74, 6) is -1.88. The number of likely N-dealkylation sites (N-methyl/N-ethyl adjacent to an activating group) is 1. The summed E-state index contributed by atoms with van der Waals surface area (Å²) < 4.78 is 39.5. The zero-order valence-electron chi connectivity index (χ0n) is 23.0. The van der Waals surface area contributed by atoms with Gasteiger partial charge in [0, 0.05) is 18.2 Å². The Labute approximate surface area is 246 Å². The van der Waals surface area contributed by atoms with Gasteiger partial charge < -0.3 is 15.5 Å². The maximum absolute atomic E-state index is 13.8. The molecule has 2 N–H and O–H groups in total. The van der Waals surface area contributed by atoms with Crippen LogP contribution in [-0.2, 0) is 27.0 Å². The maximum atomic E-state index is 13.8. The van der Waals surface area contributed by atoms with Crippen molar-refractivity contribution in [2.45, 2.75) is 24.8 Å². The number of carbonyl (C=O) groups is 3. The van der Waals surface area contributed by atoms with Crippen molar-refractivity contribution in [1.29, 1.82) is 0 Å². The van der Waals surface area contributed by atoms with Gasteiger partial charge in [0.2, 0.25) is 18.0 Å². The highest BCUT2D eigenvalue weighted by molar-refractivity contribution is 6.20. The summed E-state index contributed by atoms with van der Waals surface area (Å²) >= 11 is 0. The van der Waals surface area contributed by atoms with Crippen LogP contribution in [0.2, 0.25) is 0 Å². The van der Waals surface area contributed by atoms with Crippen LogP contribution in [0.5, 0.6) is 0 Å². The molecule has 1 heterocycles. The van der Waals surface area contributed by atoms with E-state index < -0.39 is 48.1 Å². The third-order valence-corrected chi connectivity index (χ3v) is 6.99. The van der Waals surface area contributed by atoms with Crippen LogP contribution in [0.1, 0.15) is 33.9 Å². The van der Waals surface area contributed by atoms with Crippen molar-refractivity contribution in [3.8, 4) is 0 Å². The van der Waals surface area contributed by atoms with E-state index in [0.717, 1.165) is 17.7 Å². The Bertz CT molecular complexity index is 1670. The Kier molecular flexibility index (Phi) is 8.38. The topological polar surface area (TPSA) is 90.9 Å². The molecule has 0 radical (unpaired) electrons. The predicted molar refractivity (Wildman–Crippen MR) is 156 cm³/mol. The smallest absolute Gasteiger partial charge is 0.340 e. The van der Waals surface area contributed by atoms with Crippen molar-refractivity contribution in [3.63, 3.8) is 0 Å². The van der Waals surface area contributed by atoms with Crippen LogP contribution >= 0.6 is 0 Å². The first-order valence-electron chi connectivity index (χ1n) is 13.4. The molecule has 4 aromatic carbocycles. The van der Waals surface area contributed by atoms with Crippen molar-refractivity contribution >= 4 is 29.1 Å². The molecule has 0 spiro atoms. The minimum atomic E-state index is -4.56. The highest BCUT2D eigenvalue weighted by Gasteiger charge is 2.34. The first kappa shape index (κ1) is 29.2. The Morgan fingerprint density at radius 1 is 0.884 bits per heavy atom. The van der Waals surface area contributed by atoms with Crippen LogP contribution in [0.15, 0.2) is 114 Å². The van der Waals surface area contributed by atoms with Crippen LogP contribution in [0, 0.1) is 0 Å². The number of benzodiazepines with no additional fused rings is 1. The number of amides is 3. The van der Waals surface area contributed by atoms with Crippen LogP contribution in [-0.4, -0.2) is 36.6 Å². The number of benzene rings is 4. The van der Waals surface area contributed by atoms with Gasteiger partial charge in [-0.1, -0.05) is 97.1 Å². The standard InChI is InChI=1S/C33H27F3N4O3/c1-40-26-18-9-8-17-25(26)28(22-12-4-2-5-13-22)38-30(32(40)43)39-31(42)29(23-14-6-3-7-15-23)37-27(41)20-21-11-10-16-24(19-21)33(34,35)36/h2-19,29-30H,20H2,1H3,(H,37,41)(H,39,42)/t29-,30+/m0/s1. The first-order chi connectivity index (χ1) is 20.6. The normalized spacial score (nSPS) is 15.5. The van der Waals surface area contributed by atoms with Crippen LogP contribution < -0.4 is 15.5 Å². The highest BCUT2D eigenvalue weighted by Crippen LogP contribution is 2.30. The molecule has 43 heavy (non-hydrogen) atoms. The van der Waals surface area contributed by atoms with Crippen LogP contribution in [0.25, 0.3) is 0 Å². The number of para-hydroxylation sites is 1. The van der Waals surface area contributed by atoms with Gasteiger partial charge in [0.1, 0.15) is 6.04 Å². The van der Waals surface area contributed by atoms with Gasteiger partial charge in [0.05, 0.1) is 23.4 Å². The van der Waals surface area contributed by atoms with Crippen molar-refractivity contribution in [3.05, 3.63) is 137 Å². The molecule has 7 nitrogen and oxygen atoms in total. The number of aliphatic imine (C=N–C) groups is 1. The predicted octanol–water partition coefficient (Wildman–Crippen LogP) is 5.06. The van der Waals surface area contributed by atoms with Gasteiger partial charge >= 0.3 is 6.18 Å². The van der Waals surface area contributed by atoms with Gasteiger partial charge in [0.25, 0.3) is 5.91 Å². The number of nitrogens with zero attached hydrogens (tertiary/aromatic N) is 2. The van der Waals surface area contributed by atoms with E-state index in [0.29, 0.717) is 22.5 Å².